The first-order valence-corrected chi connectivity index (χ1v) is 5.34. The standard InChI is InChI=1S/C12H13FN2O/c13-11-10(7-4-8-14-11)12(16)15-9-5-2-1-3-6-9/h1-2,4,7-9H,3,5-6H2,(H,15,16). The summed E-state index contributed by atoms with van der Waals surface area (Å²) in [5.41, 5.74) is 0.0112. The quantitative estimate of drug-likeness (QED) is 0.612. The van der Waals surface area contributed by atoms with Crippen molar-refractivity contribution in [3.8, 4) is 0 Å². The van der Waals surface area contributed by atoms with Gasteiger partial charge in [0, 0.05) is 12.2 Å². The van der Waals surface area contributed by atoms with E-state index in [1.54, 1.807) is 6.07 Å². The van der Waals surface area contributed by atoms with Crippen molar-refractivity contribution >= 4 is 5.91 Å². The minimum absolute atomic E-state index is 0.0112. The van der Waals surface area contributed by atoms with Gasteiger partial charge in [-0.25, -0.2) is 4.98 Å². The molecule has 1 N–H and O–H groups in total. The van der Waals surface area contributed by atoms with E-state index in [9.17, 15) is 9.18 Å². The number of aromatic nitrogens is 1. The van der Waals surface area contributed by atoms with Gasteiger partial charge in [0.2, 0.25) is 5.95 Å². The number of carbonyl (C=O) groups excluding carboxylic acids is 1. The van der Waals surface area contributed by atoms with Gasteiger partial charge in [0.25, 0.3) is 5.91 Å². The van der Waals surface area contributed by atoms with Gasteiger partial charge in [-0.2, -0.15) is 4.39 Å². The second-order valence-corrected chi connectivity index (χ2v) is 3.80. The molecule has 1 aliphatic carbocycles. The van der Waals surface area contributed by atoms with Crippen molar-refractivity contribution in [1.29, 1.82) is 0 Å². The van der Waals surface area contributed by atoms with Crippen molar-refractivity contribution in [3.05, 3.63) is 42.0 Å². The molecule has 0 bridgehead atoms. The van der Waals surface area contributed by atoms with Crippen LogP contribution in [0.2, 0.25) is 0 Å². The van der Waals surface area contributed by atoms with Gasteiger partial charge in [0.15, 0.2) is 0 Å². The fourth-order valence-corrected chi connectivity index (χ4v) is 1.74. The van der Waals surface area contributed by atoms with Crippen molar-refractivity contribution in [3.63, 3.8) is 0 Å². The molecule has 1 aliphatic rings. The van der Waals surface area contributed by atoms with E-state index in [2.05, 4.69) is 16.4 Å². The Bertz CT molecular complexity index is 417. The monoisotopic (exact) mass is 220 g/mol. The Morgan fingerprint density at radius 2 is 2.38 bits per heavy atom. The minimum Gasteiger partial charge on any atom is -0.349 e. The molecule has 1 aromatic rings. The maximum absolute atomic E-state index is 13.2. The summed E-state index contributed by atoms with van der Waals surface area (Å²) in [6.07, 6.45) is 8.13. The third kappa shape index (κ3) is 2.45. The first kappa shape index (κ1) is 10.8. The molecule has 1 heterocycles. The van der Waals surface area contributed by atoms with Crippen molar-refractivity contribution in [2.24, 2.45) is 0 Å². The highest BCUT2D eigenvalue weighted by atomic mass is 19.1. The maximum Gasteiger partial charge on any atom is 0.256 e. The molecule has 0 saturated heterocycles. The summed E-state index contributed by atoms with van der Waals surface area (Å²) in [6, 6.07) is 3.10. The van der Waals surface area contributed by atoms with Gasteiger partial charge in [-0.05, 0) is 31.4 Å². The average Bonchev–Trinajstić information content (AvgIpc) is 2.31. The van der Waals surface area contributed by atoms with Gasteiger partial charge in [0.05, 0.1) is 5.56 Å². The number of amides is 1. The molecule has 0 fully saturated rings. The fraction of sp³-hybridized carbons (Fsp3) is 0.333. The zero-order valence-corrected chi connectivity index (χ0v) is 8.82. The predicted octanol–water partition coefficient (Wildman–Crippen LogP) is 2.06. The van der Waals surface area contributed by atoms with E-state index in [0.29, 0.717) is 0 Å². The second-order valence-electron chi connectivity index (χ2n) is 3.80. The largest absolute Gasteiger partial charge is 0.349 e. The van der Waals surface area contributed by atoms with E-state index < -0.39 is 5.95 Å². The lowest BCUT2D eigenvalue weighted by molar-refractivity contribution is 0.0929. The molecular weight excluding hydrogens is 207 g/mol. The fourth-order valence-electron chi connectivity index (χ4n) is 1.74. The van der Waals surface area contributed by atoms with Crippen LogP contribution in [0.5, 0.6) is 0 Å². The summed E-state index contributed by atoms with van der Waals surface area (Å²) in [5, 5.41) is 2.81. The molecule has 1 amide bonds. The van der Waals surface area contributed by atoms with E-state index in [4.69, 9.17) is 0 Å². The van der Waals surface area contributed by atoms with Gasteiger partial charge in [-0.1, -0.05) is 12.2 Å². The number of allylic oxidation sites excluding steroid dienone is 1. The van der Waals surface area contributed by atoms with Gasteiger partial charge in [-0.3, -0.25) is 4.79 Å². The number of nitrogens with one attached hydrogen (secondary N) is 1. The van der Waals surface area contributed by atoms with Gasteiger partial charge >= 0.3 is 0 Å². The molecule has 0 spiro atoms. The molecule has 16 heavy (non-hydrogen) atoms. The van der Waals surface area contributed by atoms with Crippen LogP contribution in [0, 0.1) is 5.95 Å². The smallest absolute Gasteiger partial charge is 0.256 e. The molecule has 0 aromatic carbocycles. The van der Waals surface area contributed by atoms with Crippen LogP contribution in [-0.4, -0.2) is 16.9 Å². The van der Waals surface area contributed by atoms with Crippen molar-refractivity contribution in [2.75, 3.05) is 0 Å². The third-order valence-corrected chi connectivity index (χ3v) is 2.61. The molecule has 0 aliphatic heterocycles. The molecule has 1 atom stereocenters. The van der Waals surface area contributed by atoms with Crippen LogP contribution in [0.3, 0.4) is 0 Å². The van der Waals surface area contributed by atoms with Gasteiger partial charge in [-0.15, -0.1) is 0 Å². The third-order valence-electron chi connectivity index (χ3n) is 2.61. The maximum atomic E-state index is 13.2. The van der Waals surface area contributed by atoms with Gasteiger partial charge < -0.3 is 5.32 Å². The zero-order valence-electron chi connectivity index (χ0n) is 8.82. The van der Waals surface area contributed by atoms with Crippen LogP contribution < -0.4 is 5.32 Å². The first-order chi connectivity index (χ1) is 7.77. The van der Waals surface area contributed by atoms with Crippen molar-refractivity contribution < 1.29 is 9.18 Å². The van der Waals surface area contributed by atoms with E-state index in [1.807, 2.05) is 6.08 Å². The van der Waals surface area contributed by atoms with Crippen molar-refractivity contribution in [2.45, 2.75) is 25.3 Å². The highest BCUT2D eigenvalue weighted by Crippen LogP contribution is 2.12. The normalized spacial score (nSPS) is 19.4. The Morgan fingerprint density at radius 1 is 1.50 bits per heavy atom. The molecule has 2 rings (SSSR count). The number of halogens is 1. The Labute approximate surface area is 93.4 Å². The molecule has 84 valence electrons. The Balaban J connectivity index is 2.03. The number of hydrogen-bond acceptors (Lipinski definition) is 2. The Kier molecular flexibility index (Phi) is 3.29. The summed E-state index contributed by atoms with van der Waals surface area (Å²) >= 11 is 0. The highest BCUT2D eigenvalue weighted by molar-refractivity contribution is 5.94. The predicted molar refractivity (Wildman–Crippen MR) is 58.4 cm³/mol. The van der Waals surface area contributed by atoms with Crippen LogP contribution in [0.25, 0.3) is 0 Å². The summed E-state index contributed by atoms with van der Waals surface area (Å²) in [7, 11) is 0. The Hall–Kier alpha value is -1.71. The summed E-state index contributed by atoms with van der Waals surface area (Å²) in [6.45, 7) is 0. The number of pyridine rings is 1. The average molecular weight is 220 g/mol. The lowest BCUT2D eigenvalue weighted by Crippen LogP contribution is -2.35. The lowest BCUT2D eigenvalue weighted by Gasteiger charge is -2.19. The lowest BCUT2D eigenvalue weighted by atomic mass is 10.0. The molecule has 1 aromatic heterocycles. The van der Waals surface area contributed by atoms with Crippen LogP contribution in [0.15, 0.2) is 30.5 Å². The number of hydrogen-bond donors (Lipinski definition) is 1. The molecule has 0 saturated carbocycles. The van der Waals surface area contributed by atoms with E-state index in [-0.39, 0.29) is 17.5 Å². The molecule has 4 heteroatoms. The molecule has 0 radical (unpaired) electrons. The zero-order chi connectivity index (χ0) is 11.4. The SMILES string of the molecule is O=C(NC1CC=CCC1)c1cccnc1F. The van der Waals surface area contributed by atoms with Crippen molar-refractivity contribution in [1.82, 2.24) is 10.3 Å². The Morgan fingerprint density at radius 3 is 3.06 bits per heavy atom. The van der Waals surface area contributed by atoms with Crippen LogP contribution >= 0.6 is 0 Å². The summed E-state index contributed by atoms with van der Waals surface area (Å²) < 4.78 is 13.2. The first-order valence-electron chi connectivity index (χ1n) is 5.34. The number of nitrogens with zero attached hydrogens (tertiary/aromatic N) is 1. The van der Waals surface area contributed by atoms with E-state index in [0.717, 1.165) is 19.3 Å². The van der Waals surface area contributed by atoms with E-state index in [1.165, 1.54) is 12.3 Å². The number of rotatable bonds is 2. The molecule has 1 unspecified atom stereocenters. The molecule has 3 nitrogen and oxygen atoms in total. The van der Waals surface area contributed by atoms with Crippen LogP contribution in [0.1, 0.15) is 29.6 Å². The summed E-state index contributed by atoms with van der Waals surface area (Å²) in [4.78, 5) is 15.2. The second kappa shape index (κ2) is 4.88. The number of carbonyl (C=O) groups is 1. The topological polar surface area (TPSA) is 42.0 Å². The summed E-state index contributed by atoms with van der Waals surface area (Å²) in [5.74, 6) is -1.10. The highest BCUT2D eigenvalue weighted by Gasteiger charge is 2.16. The van der Waals surface area contributed by atoms with E-state index >= 15 is 0 Å². The van der Waals surface area contributed by atoms with Gasteiger partial charge in [0.1, 0.15) is 0 Å². The van der Waals surface area contributed by atoms with Crippen LogP contribution in [-0.2, 0) is 0 Å². The van der Waals surface area contributed by atoms with Crippen LogP contribution in [0.4, 0.5) is 4.39 Å². The minimum atomic E-state index is -0.716. The molecular formula is C12H13FN2O.